The molecule has 0 bridgehead atoms. The van der Waals surface area contributed by atoms with Crippen molar-refractivity contribution in [1.82, 2.24) is 9.21 Å². The average Bonchev–Trinajstić information content (AvgIpc) is 3.25. The molecule has 0 aromatic heterocycles. The second kappa shape index (κ2) is 6.51. The van der Waals surface area contributed by atoms with E-state index in [1.807, 2.05) is 0 Å². The van der Waals surface area contributed by atoms with Crippen LogP contribution in [0.4, 0.5) is 0 Å². The summed E-state index contributed by atoms with van der Waals surface area (Å²) < 4.78 is 43.4. The van der Waals surface area contributed by atoms with Gasteiger partial charge in [-0.15, -0.1) is 0 Å². The molecule has 2 saturated heterocycles. The molecule has 0 saturated carbocycles. The second-order valence-corrected chi connectivity index (χ2v) is 8.29. The van der Waals surface area contributed by atoms with Crippen LogP contribution in [0.25, 0.3) is 0 Å². The van der Waals surface area contributed by atoms with E-state index < -0.39 is 10.0 Å². The smallest absolute Gasteiger partial charge is 0.243 e. The highest BCUT2D eigenvalue weighted by molar-refractivity contribution is 7.89. The summed E-state index contributed by atoms with van der Waals surface area (Å²) in [5.41, 5.74) is 0. The molecule has 3 heterocycles. The summed E-state index contributed by atoms with van der Waals surface area (Å²) in [6, 6.07) is 4.79. The van der Waals surface area contributed by atoms with Crippen LogP contribution in [-0.2, 0) is 14.8 Å². The summed E-state index contributed by atoms with van der Waals surface area (Å²) in [5, 5.41) is 0. The van der Waals surface area contributed by atoms with Gasteiger partial charge in [0.2, 0.25) is 16.8 Å². The summed E-state index contributed by atoms with van der Waals surface area (Å²) in [5.74, 6) is 1.09. The van der Waals surface area contributed by atoms with Crippen molar-refractivity contribution in [3.05, 3.63) is 18.2 Å². The number of rotatable bonds is 4. The van der Waals surface area contributed by atoms with Crippen molar-refractivity contribution in [1.29, 1.82) is 0 Å². The minimum absolute atomic E-state index is 0.140. The minimum Gasteiger partial charge on any atom is -0.454 e. The Bertz CT molecular complexity index is 694. The van der Waals surface area contributed by atoms with Crippen LogP contribution in [0.3, 0.4) is 0 Å². The SMILES string of the molecule is O=S(=O)(c1ccc2c(c1)OCO2)N1CCN(C[C@@H]2CCCO2)CC1. The first-order chi connectivity index (χ1) is 11.6. The fourth-order valence-electron chi connectivity index (χ4n) is 3.42. The minimum atomic E-state index is -3.49. The lowest BCUT2D eigenvalue weighted by Crippen LogP contribution is -2.50. The van der Waals surface area contributed by atoms with Gasteiger partial charge in [0.1, 0.15) is 0 Å². The van der Waals surface area contributed by atoms with Gasteiger partial charge in [0.25, 0.3) is 0 Å². The van der Waals surface area contributed by atoms with Crippen LogP contribution in [-0.4, -0.2) is 69.9 Å². The third kappa shape index (κ3) is 3.11. The summed E-state index contributed by atoms with van der Waals surface area (Å²) in [7, 11) is -3.49. The van der Waals surface area contributed by atoms with Crippen molar-refractivity contribution in [2.75, 3.05) is 46.1 Å². The summed E-state index contributed by atoms with van der Waals surface area (Å²) in [6.45, 7) is 4.38. The van der Waals surface area contributed by atoms with Gasteiger partial charge in [-0.05, 0) is 25.0 Å². The standard InChI is InChI=1S/C16H22N2O5S/c19-24(20,14-3-4-15-16(10-14)23-12-22-15)18-7-5-17(6-8-18)11-13-2-1-9-21-13/h3-4,10,13H,1-2,5-9,11-12H2/t13-/m0/s1. The third-order valence-corrected chi connectivity index (χ3v) is 6.69. The van der Waals surface area contributed by atoms with Gasteiger partial charge in [-0.3, -0.25) is 4.90 Å². The first-order valence-electron chi connectivity index (χ1n) is 8.37. The van der Waals surface area contributed by atoms with E-state index in [2.05, 4.69) is 4.90 Å². The van der Waals surface area contributed by atoms with E-state index in [0.717, 1.165) is 39.1 Å². The Balaban J connectivity index is 1.40. The van der Waals surface area contributed by atoms with Crippen molar-refractivity contribution < 1.29 is 22.6 Å². The summed E-state index contributed by atoms with van der Waals surface area (Å²) in [4.78, 5) is 2.56. The van der Waals surface area contributed by atoms with E-state index >= 15 is 0 Å². The van der Waals surface area contributed by atoms with Gasteiger partial charge < -0.3 is 14.2 Å². The van der Waals surface area contributed by atoms with E-state index in [-0.39, 0.29) is 11.7 Å². The molecule has 1 atom stereocenters. The van der Waals surface area contributed by atoms with Crippen LogP contribution in [0.1, 0.15) is 12.8 Å². The van der Waals surface area contributed by atoms with E-state index in [1.165, 1.54) is 0 Å². The molecular weight excluding hydrogens is 332 g/mol. The van der Waals surface area contributed by atoms with Crippen molar-refractivity contribution >= 4 is 10.0 Å². The van der Waals surface area contributed by atoms with E-state index in [9.17, 15) is 8.42 Å². The molecule has 0 radical (unpaired) electrons. The predicted molar refractivity (Wildman–Crippen MR) is 86.7 cm³/mol. The topological polar surface area (TPSA) is 68.3 Å². The Kier molecular flexibility index (Phi) is 4.38. The van der Waals surface area contributed by atoms with Gasteiger partial charge in [-0.2, -0.15) is 4.31 Å². The quantitative estimate of drug-likeness (QED) is 0.800. The van der Waals surface area contributed by atoms with E-state index in [1.54, 1.807) is 22.5 Å². The van der Waals surface area contributed by atoms with Crippen molar-refractivity contribution in [3.63, 3.8) is 0 Å². The van der Waals surface area contributed by atoms with Crippen LogP contribution >= 0.6 is 0 Å². The van der Waals surface area contributed by atoms with Crippen molar-refractivity contribution in [3.8, 4) is 11.5 Å². The molecular formula is C16H22N2O5S. The van der Waals surface area contributed by atoms with Gasteiger partial charge in [0.15, 0.2) is 11.5 Å². The monoisotopic (exact) mass is 354 g/mol. The van der Waals surface area contributed by atoms with Crippen LogP contribution in [0.2, 0.25) is 0 Å². The van der Waals surface area contributed by atoms with Crippen molar-refractivity contribution in [2.45, 2.75) is 23.8 Å². The van der Waals surface area contributed by atoms with Gasteiger partial charge >= 0.3 is 0 Å². The highest BCUT2D eigenvalue weighted by Crippen LogP contribution is 2.34. The van der Waals surface area contributed by atoms with E-state index in [4.69, 9.17) is 14.2 Å². The highest BCUT2D eigenvalue weighted by atomic mass is 32.2. The van der Waals surface area contributed by atoms with Crippen LogP contribution < -0.4 is 9.47 Å². The first kappa shape index (κ1) is 16.1. The largest absolute Gasteiger partial charge is 0.454 e. The van der Waals surface area contributed by atoms with Crippen LogP contribution in [0, 0.1) is 0 Å². The molecule has 2 fully saturated rings. The third-order valence-electron chi connectivity index (χ3n) is 4.80. The molecule has 24 heavy (non-hydrogen) atoms. The maximum atomic E-state index is 12.8. The second-order valence-electron chi connectivity index (χ2n) is 6.35. The molecule has 0 spiro atoms. The van der Waals surface area contributed by atoms with Gasteiger partial charge in [0, 0.05) is 45.4 Å². The summed E-state index contributed by atoms with van der Waals surface area (Å²) in [6.07, 6.45) is 2.54. The molecule has 7 nitrogen and oxygen atoms in total. The Morgan fingerprint density at radius 3 is 2.62 bits per heavy atom. The predicted octanol–water partition coefficient (Wildman–Crippen LogP) is 0.901. The number of hydrogen-bond donors (Lipinski definition) is 0. The fourth-order valence-corrected chi connectivity index (χ4v) is 4.85. The zero-order chi connectivity index (χ0) is 16.6. The molecule has 0 amide bonds. The number of fused-ring (bicyclic) bond motifs is 1. The number of benzene rings is 1. The zero-order valence-electron chi connectivity index (χ0n) is 13.5. The Labute approximate surface area is 142 Å². The Hall–Kier alpha value is -1.35. The number of hydrogen-bond acceptors (Lipinski definition) is 6. The molecule has 1 aromatic carbocycles. The molecule has 8 heteroatoms. The Morgan fingerprint density at radius 1 is 1.08 bits per heavy atom. The molecule has 1 aromatic rings. The highest BCUT2D eigenvalue weighted by Gasteiger charge is 2.31. The summed E-state index contributed by atoms with van der Waals surface area (Å²) >= 11 is 0. The Morgan fingerprint density at radius 2 is 1.88 bits per heavy atom. The molecule has 0 N–H and O–H groups in total. The van der Waals surface area contributed by atoms with Crippen LogP contribution in [0.5, 0.6) is 11.5 Å². The molecule has 4 rings (SSSR count). The van der Waals surface area contributed by atoms with Gasteiger partial charge in [-0.25, -0.2) is 8.42 Å². The maximum Gasteiger partial charge on any atom is 0.243 e. The number of piperazine rings is 1. The normalized spacial score (nSPS) is 25.2. The fraction of sp³-hybridized carbons (Fsp3) is 0.625. The number of nitrogens with zero attached hydrogens (tertiary/aromatic N) is 2. The molecule has 0 aliphatic carbocycles. The lowest BCUT2D eigenvalue weighted by molar-refractivity contribution is 0.0617. The van der Waals surface area contributed by atoms with Gasteiger partial charge in [-0.1, -0.05) is 0 Å². The molecule has 3 aliphatic heterocycles. The number of sulfonamides is 1. The molecule has 3 aliphatic rings. The van der Waals surface area contributed by atoms with Crippen LogP contribution in [0.15, 0.2) is 23.1 Å². The maximum absolute atomic E-state index is 12.8. The molecule has 132 valence electrons. The van der Waals surface area contributed by atoms with Crippen molar-refractivity contribution in [2.24, 2.45) is 0 Å². The number of ether oxygens (including phenoxy) is 3. The van der Waals surface area contributed by atoms with E-state index in [0.29, 0.717) is 30.7 Å². The average molecular weight is 354 g/mol. The first-order valence-corrected chi connectivity index (χ1v) is 9.81. The zero-order valence-corrected chi connectivity index (χ0v) is 14.3. The van der Waals surface area contributed by atoms with Gasteiger partial charge in [0.05, 0.1) is 11.0 Å². The molecule has 0 unspecified atom stereocenters. The lowest BCUT2D eigenvalue weighted by atomic mass is 10.2. The lowest BCUT2D eigenvalue weighted by Gasteiger charge is -2.35.